The highest BCUT2D eigenvalue weighted by Crippen LogP contribution is 2.29. The largest absolute Gasteiger partial charge is 0.318 e. The molecule has 0 aliphatic heterocycles. The van der Waals surface area contributed by atoms with E-state index in [1.807, 2.05) is 13.8 Å². The van der Waals surface area contributed by atoms with Gasteiger partial charge in [-0.15, -0.1) is 0 Å². The molecule has 18 heavy (non-hydrogen) atoms. The van der Waals surface area contributed by atoms with Gasteiger partial charge in [0.1, 0.15) is 11.6 Å². The van der Waals surface area contributed by atoms with Crippen molar-refractivity contribution in [1.29, 1.82) is 0 Å². The Morgan fingerprint density at radius 2 is 1.50 bits per heavy atom. The molecule has 1 atom stereocenters. The van der Waals surface area contributed by atoms with Gasteiger partial charge in [-0.3, -0.25) is 0 Å². The van der Waals surface area contributed by atoms with Gasteiger partial charge in [-0.05, 0) is 54.8 Å². The number of hydrogen-bond donors (Lipinski definition) is 1. The lowest BCUT2D eigenvalue weighted by atomic mass is 9.83. The first-order chi connectivity index (χ1) is 8.41. The molecule has 0 amide bonds. The maximum Gasteiger partial charge on any atom is 0.123 e. The highest BCUT2D eigenvalue weighted by atomic mass is 19.1. The Kier molecular flexibility index (Phi) is 3.18. The van der Waals surface area contributed by atoms with Crippen LogP contribution in [0.15, 0.2) is 42.5 Å². The number of halogens is 2. The van der Waals surface area contributed by atoms with E-state index in [2.05, 4.69) is 0 Å². The Balaban J connectivity index is 2.50. The van der Waals surface area contributed by atoms with Crippen LogP contribution in [0.2, 0.25) is 0 Å². The molecule has 2 N–H and O–H groups in total. The van der Waals surface area contributed by atoms with Crippen molar-refractivity contribution in [3.63, 3.8) is 0 Å². The van der Waals surface area contributed by atoms with Crippen LogP contribution >= 0.6 is 0 Å². The van der Waals surface area contributed by atoms with Gasteiger partial charge in [0.25, 0.3) is 0 Å². The molecule has 0 aliphatic carbocycles. The highest BCUT2D eigenvalue weighted by Gasteiger charge is 2.25. The molecule has 0 saturated carbocycles. The molecule has 0 bridgehead atoms. The zero-order valence-corrected chi connectivity index (χ0v) is 10.4. The second-order valence-electron chi connectivity index (χ2n) is 4.67. The Labute approximate surface area is 105 Å². The summed E-state index contributed by atoms with van der Waals surface area (Å²) < 4.78 is 26.0. The normalized spacial score (nSPS) is 14.3. The van der Waals surface area contributed by atoms with Crippen molar-refractivity contribution in [1.82, 2.24) is 0 Å². The van der Waals surface area contributed by atoms with Crippen LogP contribution in [0.1, 0.15) is 23.6 Å². The molecule has 2 aromatic carbocycles. The van der Waals surface area contributed by atoms with E-state index in [9.17, 15) is 8.78 Å². The van der Waals surface area contributed by atoms with Gasteiger partial charge in [0, 0.05) is 0 Å². The first kappa shape index (κ1) is 12.7. The minimum atomic E-state index is -0.772. The van der Waals surface area contributed by atoms with Crippen LogP contribution in [-0.2, 0) is 5.54 Å². The Hall–Kier alpha value is -1.74. The minimum absolute atomic E-state index is 0.286. The lowest BCUT2D eigenvalue weighted by Gasteiger charge is -2.27. The van der Waals surface area contributed by atoms with Crippen molar-refractivity contribution in [2.75, 3.05) is 0 Å². The average Bonchev–Trinajstić information content (AvgIpc) is 2.29. The molecule has 0 radical (unpaired) electrons. The van der Waals surface area contributed by atoms with Gasteiger partial charge < -0.3 is 5.73 Å². The lowest BCUT2D eigenvalue weighted by molar-refractivity contribution is 0.582. The molecule has 0 spiro atoms. The average molecular weight is 247 g/mol. The zero-order chi connectivity index (χ0) is 13.3. The summed E-state index contributed by atoms with van der Waals surface area (Å²) >= 11 is 0. The number of rotatable bonds is 2. The van der Waals surface area contributed by atoms with E-state index in [0.717, 1.165) is 16.7 Å². The number of benzene rings is 2. The molecular weight excluding hydrogens is 232 g/mol. The van der Waals surface area contributed by atoms with Crippen molar-refractivity contribution in [2.24, 2.45) is 5.73 Å². The minimum Gasteiger partial charge on any atom is -0.318 e. The van der Waals surface area contributed by atoms with Gasteiger partial charge in [-0.1, -0.05) is 18.2 Å². The number of aryl methyl sites for hydroxylation is 1. The summed E-state index contributed by atoms with van der Waals surface area (Å²) in [7, 11) is 0. The monoisotopic (exact) mass is 247 g/mol. The molecule has 1 nitrogen and oxygen atoms in total. The molecule has 0 aromatic heterocycles. The van der Waals surface area contributed by atoms with Crippen molar-refractivity contribution in [3.8, 4) is 0 Å². The second-order valence-corrected chi connectivity index (χ2v) is 4.67. The van der Waals surface area contributed by atoms with Crippen molar-refractivity contribution in [3.05, 3.63) is 70.8 Å². The molecule has 0 saturated heterocycles. The smallest absolute Gasteiger partial charge is 0.123 e. The fourth-order valence-electron chi connectivity index (χ4n) is 2.16. The summed E-state index contributed by atoms with van der Waals surface area (Å²) in [6.07, 6.45) is 0. The van der Waals surface area contributed by atoms with E-state index in [-0.39, 0.29) is 11.6 Å². The maximum atomic E-state index is 13.1. The summed E-state index contributed by atoms with van der Waals surface area (Å²) in [6, 6.07) is 10.6. The van der Waals surface area contributed by atoms with E-state index in [1.165, 1.54) is 24.3 Å². The molecule has 0 aliphatic rings. The van der Waals surface area contributed by atoms with Crippen LogP contribution in [0.4, 0.5) is 8.78 Å². The maximum absolute atomic E-state index is 13.1. The van der Waals surface area contributed by atoms with Crippen molar-refractivity contribution >= 4 is 0 Å². The third-order valence-corrected chi connectivity index (χ3v) is 3.19. The summed E-state index contributed by atoms with van der Waals surface area (Å²) in [5.41, 5.74) is 7.94. The molecule has 2 aromatic rings. The zero-order valence-electron chi connectivity index (χ0n) is 10.4. The summed E-state index contributed by atoms with van der Waals surface area (Å²) in [6.45, 7) is 3.65. The van der Waals surface area contributed by atoms with E-state index in [4.69, 9.17) is 5.73 Å². The topological polar surface area (TPSA) is 26.0 Å². The van der Waals surface area contributed by atoms with Gasteiger partial charge >= 0.3 is 0 Å². The predicted molar refractivity (Wildman–Crippen MR) is 68.2 cm³/mol. The first-order valence-corrected chi connectivity index (χ1v) is 5.73. The van der Waals surface area contributed by atoms with Crippen LogP contribution in [0.25, 0.3) is 0 Å². The standard InChI is InChI=1S/C15H15F2N/c1-10-9-13(17)7-8-14(10)15(2,18)11-3-5-12(16)6-4-11/h3-9H,18H2,1-2H3. The van der Waals surface area contributed by atoms with Crippen LogP contribution in [-0.4, -0.2) is 0 Å². The number of hydrogen-bond acceptors (Lipinski definition) is 1. The second kappa shape index (κ2) is 4.50. The fraction of sp³-hybridized carbons (Fsp3) is 0.200. The highest BCUT2D eigenvalue weighted by molar-refractivity contribution is 5.41. The van der Waals surface area contributed by atoms with Gasteiger partial charge in [0.05, 0.1) is 5.54 Å². The fourth-order valence-corrected chi connectivity index (χ4v) is 2.16. The predicted octanol–water partition coefficient (Wildman–Crippen LogP) is 3.50. The molecule has 0 heterocycles. The van der Waals surface area contributed by atoms with Gasteiger partial charge in [0.15, 0.2) is 0 Å². The molecule has 3 heteroatoms. The van der Waals surface area contributed by atoms with Crippen molar-refractivity contribution in [2.45, 2.75) is 19.4 Å². The molecule has 2 rings (SSSR count). The van der Waals surface area contributed by atoms with Crippen LogP contribution in [0.3, 0.4) is 0 Å². The Morgan fingerprint density at radius 1 is 0.944 bits per heavy atom. The molecular formula is C15H15F2N. The third-order valence-electron chi connectivity index (χ3n) is 3.19. The van der Waals surface area contributed by atoms with Gasteiger partial charge in [-0.25, -0.2) is 8.78 Å². The van der Waals surface area contributed by atoms with Gasteiger partial charge in [0.2, 0.25) is 0 Å². The van der Waals surface area contributed by atoms with E-state index in [1.54, 1.807) is 18.2 Å². The summed E-state index contributed by atoms with van der Waals surface area (Å²) in [5, 5.41) is 0. The molecule has 0 fully saturated rings. The third kappa shape index (κ3) is 2.27. The van der Waals surface area contributed by atoms with Crippen molar-refractivity contribution < 1.29 is 8.78 Å². The SMILES string of the molecule is Cc1cc(F)ccc1C(C)(N)c1ccc(F)cc1. The Bertz CT molecular complexity index is 559. The van der Waals surface area contributed by atoms with Gasteiger partial charge in [-0.2, -0.15) is 0 Å². The summed E-state index contributed by atoms with van der Waals surface area (Å²) in [5.74, 6) is -0.587. The Morgan fingerprint density at radius 3 is 2.06 bits per heavy atom. The van der Waals surface area contributed by atoms with E-state index >= 15 is 0 Å². The molecule has 94 valence electrons. The quantitative estimate of drug-likeness (QED) is 0.863. The number of nitrogens with two attached hydrogens (primary N) is 1. The van der Waals surface area contributed by atoms with E-state index < -0.39 is 5.54 Å². The van der Waals surface area contributed by atoms with Crippen LogP contribution < -0.4 is 5.73 Å². The van der Waals surface area contributed by atoms with E-state index in [0.29, 0.717) is 0 Å². The van der Waals surface area contributed by atoms with Crippen LogP contribution in [0.5, 0.6) is 0 Å². The molecule has 1 unspecified atom stereocenters. The van der Waals surface area contributed by atoms with Crippen LogP contribution in [0, 0.1) is 18.6 Å². The summed E-state index contributed by atoms with van der Waals surface area (Å²) in [4.78, 5) is 0. The lowest BCUT2D eigenvalue weighted by Crippen LogP contribution is -2.35. The first-order valence-electron chi connectivity index (χ1n) is 5.73.